The molecule has 0 spiro atoms. The summed E-state index contributed by atoms with van der Waals surface area (Å²) in [5.74, 6) is -0.317. The lowest BCUT2D eigenvalue weighted by molar-refractivity contribution is -0.138. The van der Waals surface area contributed by atoms with E-state index in [0.29, 0.717) is 5.82 Å². The van der Waals surface area contributed by atoms with Crippen molar-refractivity contribution >= 4 is 5.97 Å². The number of rotatable bonds is 3. The second-order valence-electron chi connectivity index (χ2n) is 2.60. The topological polar surface area (TPSA) is 81.1 Å². The lowest BCUT2D eigenvalue weighted by Gasteiger charge is -2.05. The van der Waals surface area contributed by atoms with Crippen LogP contribution in [0.15, 0.2) is 12.4 Å². The second kappa shape index (κ2) is 3.36. The largest absolute Gasteiger partial charge is 0.480 e. The number of carboxylic acid groups (broad SMARTS) is 1. The van der Waals surface area contributed by atoms with Gasteiger partial charge in [0, 0.05) is 25.9 Å². The van der Waals surface area contributed by atoms with Gasteiger partial charge in [-0.15, -0.1) is 0 Å². The predicted molar refractivity (Wildman–Crippen MR) is 42.5 cm³/mol. The smallest absolute Gasteiger partial charge is 0.320 e. The van der Waals surface area contributed by atoms with Gasteiger partial charge in [-0.2, -0.15) is 0 Å². The van der Waals surface area contributed by atoms with Gasteiger partial charge in [-0.25, -0.2) is 4.98 Å². The Morgan fingerprint density at radius 1 is 1.92 bits per heavy atom. The lowest BCUT2D eigenvalue weighted by atomic mass is 10.2. The standard InChI is InChI=1S/C7H11N3O2/c1-10-3-2-9-6(10)4-5(8)7(11)12/h2-3,5H,4,8H2,1H3,(H,11,12)/t5-/m0/s1. The molecule has 0 fully saturated rings. The molecule has 1 rings (SSSR count). The number of aromatic nitrogens is 2. The first-order chi connectivity index (χ1) is 5.61. The molecule has 1 heterocycles. The van der Waals surface area contributed by atoms with E-state index >= 15 is 0 Å². The van der Waals surface area contributed by atoms with E-state index < -0.39 is 12.0 Å². The van der Waals surface area contributed by atoms with Gasteiger partial charge in [-0.1, -0.05) is 0 Å². The molecule has 0 aliphatic rings. The molecule has 0 saturated heterocycles. The highest BCUT2D eigenvalue weighted by Gasteiger charge is 2.13. The van der Waals surface area contributed by atoms with Crippen LogP contribution >= 0.6 is 0 Å². The summed E-state index contributed by atoms with van der Waals surface area (Å²) in [6.45, 7) is 0. The summed E-state index contributed by atoms with van der Waals surface area (Å²) < 4.78 is 1.75. The fourth-order valence-electron chi connectivity index (χ4n) is 0.877. The van der Waals surface area contributed by atoms with Gasteiger partial charge in [-0.3, -0.25) is 4.79 Å². The number of aliphatic carboxylic acids is 1. The molecule has 12 heavy (non-hydrogen) atoms. The third kappa shape index (κ3) is 1.82. The van der Waals surface area contributed by atoms with E-state index in [-0.39, 0.29) is 6.42 Å². The molecule has 0 bridgehead atoms. The van der Waals surface area contributed by atoms with Crippen LogP contribution in [0.3, 0.4) is 0 Å². The minimum absolute atomic E-state index is 0.263. The van der Waals surface area contributed by atoms with E-state index in [2.05, 4.69) is 4.98 Å². The number of carbonyl (C=O) groups is 1. The van der Waals surface area contributed by atoms with Gasteiger partial charge in [0.15, 0.2) is 0 Å². The average molecular weight is 169 g/mol. The van der Waals surface area contributed by atoms with E-state index in [1.807, 2.05) is 0 Å². The molecule has 0 radical (unpaired) electrons. The monoisotopic (exact) mass is 169 g/mol. The molecule has 66 valence electrons. The number of hydrogen-bond donors (Lipinski definition) is 2. The van der Waals surface area contributed by atoms with E-state index in [4.69, 9.17) is 10.8 Å². The van der Waals surface area contributed by atoms with Crippen LogP contribution in [0.2, 0.25) is 0 Å². The normalized spacial score (nSPS) is 12.8. The Kier molecular flexibility index (Phi) is 2.44. The molecule has 5 heteroatoms. The Balaban J connectivity index is 2.64. The van der Waals surface area contributed by atoms with Crippen LogP contribution in [0.5, 0.6) is 0 Å². The van der Waals surface area contributed by atoms with E-state index in [9.17, 15) is 4.79 Å². The Labute approximate surface area is 69.8 Å². The number of hydrogen-bond acceptors (Lipinski definition) is 3. The van der Waals surface area contributed by atoms with E-state index in [1.54, 1.807) is 24.0 Å². The first-order valence-electron chi connectivity index (χ1n) is 3.56. The molecule has 5 nitrogen and oxygen atoms in total. The Morgan fingerprint density at radius 3 is 3.00 bits per heavy atom. The molecule has 1 aromatic rings. The zero-order valence-electron chi connectivity index (χ0n) is 6.77. The van der Waals surface area contributed by atoms with Crippen LogP contribution in [-0.4, -0.2) is 26.7 Å². The SMILES string of the molecule is Cn1ccnc1C[C@H](N)C(=O)O. The maximum Gasteiger partial charge on any atom is 0.320 e. The first kappa shape index (κ1) is 8.73. The summed E-state index contributed by atoms with van der Waals surface area (Å²) in [6, 6.07) is -0.869. The van der Waals surface area contributed by atoms with Crippen LogP contribution in [0, 0.1) is 0 Å². The zero-order valence-corrected chi connectivity index (χ0v) is 6.77. The number of carboxylic acids is 1. The molecule has 0 unspecified atom stereocenters. The quantitative estimate of drug-likeness (QED) is 0.631. The van der Waals surface area contributed by atoms with Gasteiger partial charge in [0.2, 0.25) is 0 Å². The van der Waals surface area contributed by atoms with Crippen LogP contribution in [-0.2, 0) is 18.3 Å². The number of imidazole rings is 1. The molecule has 0 aliphatic carbocycles. The van der Waals surface area contributed by atoms with Crippen molar-refractivity contribution in [3.63, 3.8) is 0 Å². The lowest BCUT2D eigenvalue weighted by Crippen LogP contribution is -2.33. The summed E-state index contributed by atoms with van der Waals surface area (Å²) in [5, 5.41) is 8.51. The van der Waals surface area contributed by atoms with Crippen molar-refractivity contribution in [3.05, 3.63) is 18.2 Å². The van der Waals surface area contributed by atoms with Crippen molar-refractivity contribution in [2.75, 3.05) is 0 Å². The molecule has 1 aromatic heterocycles. The Morgan fingerprint density at radius 2 is 2.58 bits per heavy atom. The van der Waals surface area contributed by atoms with Gasteiger partial charge in [-0.05, 0) is 0 Å². The summed E-state index contributed by atoms with van der Waals surface area (Å²) in [7, 11) is 1.80. The van der Waals surface area contributed by atoms with Crippen molar-refractivity contribution in [1.82, 2.24) is 9.55 Å². The minimum atomic E-state index is -1.00. The molecule has 3 N–H and O–H groups in total. The Hall–Kier alpha value is -1.36. The van der Waals surface area contributed by atoms with Gasteiger partial charge >= 0.3 is 5.97 Å². The summed E-state index contributed by atoms with van der Waals surface area (Å²) in [5.41, 5.74) is 5.32. The molecular formula is C7H11N3O2. The molecular weight excluding hydrogens is 158 g/mol. The molecule has 0 aliphatic heterocycles. The zero-order chi connectivity index (χ0) is 9.14. The maximum atomic E-state index is 10.4. The fraction of sp³-hybridized carbons (Fsp3) is 0.429. The van der Waals surface area contributed by atoms with Crippen molar-refractivity contribution in [1.29, 1.82) is 0 Å². The van der Waals surface area contributed by atoms with Gasteiger partial charge in [0.05, 0.1) is 0 Å². The highest BCUT2D eigenvalue weighted by molar-refractivity contribution is 5.73. The van der Waals surface area contributed by atoms with Crippen molar-refractivity contribution in [2.45, 2.75) is 12.5 Å². The summed E-state index contributed by atoms with van der Waals surface area (Å²) >= 11 is 0. The fourth-order valence-corrected chi connectivity index (χ4v) is 0.877. The van der Waals surface area contributed by atoms with Crippen LogP contribution in [0.4, 0.5) is 0 Å². The van der Waals surface area contributed by atoms with E-state index in [0.717, 1.165) is 0 Å². The van der Waals surface area contributed by atoms with Crippen molar-refractivity contribution in [2.24, 2.45) is 12.8 Å². The van der Waals surface area contributed by atoms with Crippen molar-refractivity contribution < 1.29 is 9.90 Å². The first-order valence-corrected chi connectivity index (χ1v) is 3.56. The number of aryl methyl sites for hydroxylation is 1. The highest BCUT2D eigenvalue weighted by Crippen LogP contribution is 1.97. The number of nitrogens with two attached hydrogens (primary N) is 1. The number of nitrogens with zero attached hydrogens (tertiary/aromatic N) is 2. The van der Waals surface area contributed by atoms with Gasteiger partial charge < -0.3 is 15.4 Å². The maximum absolute atomic E-state index is 10.4. The Bertz CT molecular complexity index is 282. The third-order valence-corrected chi connectivity index (χ3v) is 1.64. The van der Waals surface area contributed by atoms with E-state index in [1.165, 1.54) is 0 Å². The van der Waals surface area contributed by atoms with Gasteiger partial charge in [0.1, 0.15) is 11.9 Å². The summed E-state index contributed by atoms with van der Waals surface area (Å²) in [6.07, 6.45) is 3.63. The third-order valence-electron chi connectivity index (χ3n) is 1.64. The van der Waals surface area contributed by atoms with Crippen molar-refractivity contribution in [3.8, 4) is 0 Å². The predicted octanol–water partition coefficient (Wildman–Crippen LogP) is -0.625. The second-order valence-corrected chi connectivity index (χ2v) is 2.60. The van der Waals surface area contributed by atoms with Gasteiger partial charge in [0.25, 0.3) is 0 Å². The molecule has 0 aromatic carbocycles. The van der Waals surface area contributed by atoms with Crippen LogP contribution in [0.25, 0.3) is 0 Å². The molecule has 0 amide bonds. The molecule has 0 saturated carbocycles. The van der Waals surface area contributed by atoms with Crippen LogP contribution < -0.4 is 5.73 Å². The minimum Gasteiger partial charge on any atom is -0.480 e. The molecule has 1 atom stereocenters. The average Bonchev–Trinajstić information content (AvgIpc) is 2.36. The highest BCUT2D eigenvalue weighted by atomic mass is 16.4. The summed E-state index contributed by atoms with van der Waals surface area (Å²) in [4.78, 5) is 14.3. The van der Waals surface area contributed by atoms with Crippen LogP contribution in [0.1, 0.15) is 5.82 Å².